The smallest absolute Gasteiger partial charge is 0.346 e. The van der Waals surface area contributed by atoms with Gasteiger partial charge in [0.1, 0.15) is 11.5 Å². The van der Waals surface area contributed by atoms with Crippen LogP contribution in [0, 0.1) is 6.92 Å². The lowest BCUT2D eigenvalue weighted by Gasteiger charge is -2.16. The normalized spacial score (nSPS) is 16.4. The van der Waals surface area contributed by atoms with Crippen molar-refractivity contribution < 1.29 is 4.79 Å². The van der Waals surface area contributed by atoms with Gasteiger partial charge < -0.3 is 5.32 Å². The summed E-state index contributed by atoms with van der Waals surface area (Å²) >= 11 is 1.50. The molecular formula is C20H21N7O2S. The predicted molar refractivity (Wildman–Crippen MR) is 112 cm³/mol. The van der Waals surface area contributed by atoms with Gasteiger partial charge in [0.05, 0.1) is 12.2 Å². The standard InChI is InChI=1S/C20H21N7O2S/c1-13-17(26-9-10-30-19(26)22-13)18(28)23-15-4-5-16-24-27(20(29)25(16)8-6-15)12-14-3-2-7-21-11-14/h2-3,7,9-11,15H,4-6,8,12H2,1H3,(H,23,28). The molecule has 1 amide bonds. The maximum Gasteiger partial charge on any atom is 0.346 e. The lowest BCUT2D eigenvalue weighted by molar-refractivity contribution is 0.0926. The van der Waals surface area contributed by atoms with Crippen LogP contribution in [0.15, 0.2) is 40.9 Å². The summed E-state index contributed by atoms with van der Waals surface area (Å²) in [5.41, 5.74) is 2.12. The maximum absolute atomic E-state index is 12.9. The fraction of sp³-hybridized carbons (Fsp3) is 0.350. The van der Waals surface area contributed by atoms with E-state index in [0.29, 0.717) is 31.6 Å². The molecule has 0 bridgehead atoms. The van der Waals surface area contributed by atoms with Crippen molar-refractivity contribution >= 4 is 22.2 Å². The Morgan fingerprint density at radius 1 is 1.37 bits per heavy atom. The molecule has 30 heavy (non-hydrogen) atoms. The van der Waals surface area contributed by atoms with E-state index in [-0.39, 0.29) is 17.6 Å². The largest absolute Gasteiger partial charge is 0.348 e. The number of carbonyl (C=O) groups excluding carboxylic acids is 1. The molecule has 0 aliphatic carbocycles. The number of hydrogen-bond donors (Lipinski definition) is 1. The zero-order chi connectivity index (χ0) is 20.7. The van der Waals surface area contributed by atoms with Crippen LogP contribution in [-0.2, 0) is 19.5 Å². The van der Waals surface area contributed by atoms with Crippen LogP contribution in [0.4, 0.5) is 0 Å². The monoisotopic (exact) mass is 423 g/mol. The second-order valence-corrected chi connectivity index (χ2v) is 8.34. The molecule has 0 aromatic carbocycles. The highest BCUT2D eigenvalue weighted by atomic mass is 32.1. The van der Waals surface area contributed by atoms with Crippen LogP contribution in [0.5, 0.6) is 0 Å². The first kappa shape index (κ1) is 18.7. The Morgan fingerprint density at radius 2 is 2.27 bits per heavy atom. The molecule has 9 nitrogen and oxygen atoms in total. The molecule has 0 radical (unpaired) electrons. The number of nitrogens with one attached hydrogen (secondary N) is 1. The highest BCUT2D eigenvalue weighted by Crippen LogP contribution is 2.18. The molecular weight excluding hydrogens is 402 g/mol. The van der Waals surface area contributed by atoms with Gasteiger partial charge in [-0.2, -0.15) is 5.10 Å². The molecule has 0 saturated heterocycles. The Bertz CT molecular complexity index is 1270. The number of fused-ring (bicyclic) bond motifs is 2. The first-order valence-corrected chi connectivity index (χ1v) is 10.8. The fourth-order valence-electron chi connectivity index (χ4n) is 3.96. The molecule has 1 aliphatic heterocycles. The highest BCUT2D eigenvalue weighted by molar-refractivity contribution is 7.15. The average Bonchev–Trinajstić information content (AvgIpc) is 3.33. The third kappa shape index (κ3) is 3.32. The summed E-state index contributed by atoms with van der Waals surface area (Å²) in [4.78, 5) is 35.0. The molecule has 1 unspecified atom stereocenters. The first-order chi connectivity index (χ1) is 14.6. The fourth-order valence-corrected chi connectivity index (χ4v) is 4.72. The molecule has 1 N–H and O–H groups in total. The van der Waals surface area contributed by atoms with Crippen LogP contribution < -0.4 is 11.0 Å². The number of amides is 1. The molecule has 4 aromatic heterocycles. The van der Waals surface area contributed by atoms with E-state index in [9.17, 15) is 9.59 Å². The Morgan fingerprint density at radius 3 is 3.10 bits per heavy atom. The van der Waals surface area contributed by atoms with Crippen LogP contribution in [0.1, 0.15) is 40.4 Å². The van der Waals surface area contributed by atoms with Gasteiger partial charge >= 0.3 is 5.69 Å². The molecule has 10 heteroatoms. The molecule has 5 heterocycles. The highest BCUT2D eigenvalue weighted by Gasteiger charge is 2.24. The number of nitrogens with zero attached hydrogens (tertiary/aromatic N) is 6. The van der Waals surface area contributed by atoms with E-state index >= 15 is 0 Å². The summed E-state index contributed by atoms with van der Waals surface area (Å²) in [6.07, 6.45) is 7.37. The van der Waals surface area contributed by atoms with E-state index in [1.165, 1.54) is 16.0 Å². The number of hydrogen-bond acceptors (Lipinski definition) is 6. The zero-order valence-corrected chi connectivity index (χ0v) is 17.3. The molecule has 5 rings (SSSR count). The van der Waals surface area contributed by atoms with Gasteiger partial charge in [0, 0.05) is 43.0 Å². The van der Waals surface area contributed by atoms with Gasteiger partial charge in [0.25, 0.3) is 5.91 Å². The molecule has 0 saturated carbocycles. The Kier molecular flexibility index (Phi) is 4.70. The molecule has 1 aliphatic rings. The van der Waals surface area contributed by atoms with Crippen LogP contribution in [0.2, 0.25) is 0 Å². The summed E-state index contributed by atoms with van der Waals surface area (Å²) in [7, 11) is 0. The van der Waals surface area contributed by atoms with Crippen molar-refractivity contribution in [2.75, 3.05) is 0 Å². The second kappa shape index (κ2) is 7.52. The minimum atomic E-state index is -0.128. The van der Waals surface area contributed by atoms with Gasteiger partial charge in [-0.1, -0.05) is 6.07 Å². The van der Waals surface area contributed by atoms with Crippen molar-refractivity contribution in [3.8, 4) is 0 Å². The summed E-state index contributed by atoms with van der Waals surface area (Å²) in [5, 5.41) is 9.58. The zero-order valence-electron chi connectivity index (χ0n) is 16.5. The minimum absolute atomic E-state index is 0.0195. The number of imidazole rings is 1. The van der Waals surface area contributed by atoms with Crippen LogP contribution >= 0.6 is 11.3 Å². The SMILES string of the molecule is Cc1nc2sccn2c1C(=O)NC1CCc2nn(Cc3cccnc3)c(=O)n2CC1. The second-order valence-electron chi connectivity index (χ2n) is 7.47. The number of thiazole rings is 1. The predicted octanol–water partition coefficient (Wildman–Crippen LogP) is 1.64. The van der Waals surface area contributed by atoms with Gasteiger partial charge in [0.2, 0.25) is 0 Å². The van der Waals surface area contributed by atoms with Crippen molar-refractivity contribution in [1.82, 2.24) is 34.0 Å². The Labute approximate surface area is 176 Å². The van der Waals surface area contributed by atoms with E-state index in [2.05, 4.69) is 20.4 Å². The Hall–Kier alpha value is -3.27. The van der Waals surface area contributed by atoms with Crippen LogP contribution in [0.25, 0.3) is 4.96 Å². The van der Waals surface area contributed by atoms with Gasteiger partial charge in [-0.25, -0.2) is 14.5 Å². The molecule has 154 valence electrons. The quantitative estimate of drug-likeness (QED) is 0.538. The molecule has 0 spiro atoms. The van der Waals surface area contributed by atoms with Crippen molar-refractivity contribution in [2.45, 2.75) is 45.3 Å². The lowest BCUT2D eigenvalue weighted by Crippen LogP contribution is -2.36. The van der Waals surface area contributed by atoms with Gasteiger partial charge in [0.15, 0.2) is 4.96 Å². The van der Waals surface area contributed by atoms with Crippen molar-refractivity contribution in [3.63, 3.8) is 0 Å². The third-order valence-corrected chi connectivity index (χ3v) is 6.22. The van der Waals surface area contributed by atoms with E-state index in [1.54, 1.807) is 17.0 Å². The average molecular weight is 424 g/mol. The number of aromatic nitrogens is 6. The van der Waals surface area contributed by atoms with E-state index in [0.717, 1.165) is 28.5 Å². The van der Waals surface area contributed by atoms with Gasteiger partial charge in [-0.15, -0.1) is 11.3 Å². The topological polar surface area (TPSA) is 99.1 Å². The van der Waals surface area contributed by atoms with Gasteiger partial charge in [-0.3, -0.25) is 18.7 Å². The van der Waals surface area contributed by atoms with Crippen molar-refractivity contribution in [3.05, 3.63) is 69.4 Å². The summed E-state index contributed by atoms with van der Waals surface area (Å²) < 4.78 is 5.05. The number of carbonyl (C=O) groups is 1. The number of pyridine rings is 1. The first-order valence-electron chi connectivity index (χ1n) is 9.88. The summed E-state index contributed by atoms with van der Waals surface area (Å²) in [5.74, 6) is 0.637. The number of rotatable bonds is 4. The Balaban J connectivity index is 1.29. The maximum atomic E-state index is 12.9. The lowest BCUT2D eigenvalue weighted by atomic mass is 10.1. The third-order valence-electron chi connectivity index (χ3n) is 5.46. The van der Waals surface area contributed by atoms with Crippen molar-refractivity contribution in [1.29, 1.82) is 0 Å². The van der Waals surface area contributed by atoms with E-state index < -0.39 is 0 Å². The van der Waals surface area contributed by atoms with Crippen LogP contribution in [0.3, 0.4) is 0 Å². The van der Waals surface area contributed by atoms with Gasteiger partial charge in [-0.05, 0) is 31.4 Å². The molecule has 0 fully saturated rings. The van der Waals surface area contributed by atoms with E-state index in [1.807, 2.05) is 35.0 Å². The van der Waals surface area contributed by atoms with E-state index in [4.69, 9.17) is 0 Å². The summed E-state index contributed by atoms with van der Waals surface area (Å²) in [6.45, 7) is 2.79. The summed E-state index contributed by atoms with van der Waals surface area (Å²) in [6, 6.07) is 3.76. The number of aryl methyl sites for hydroxylation is 2. The molecule has 4 aromatic rings. The molecule has 1 atom stereocenters. The van der Waals surface area contributed by atoms with Crippen molar-refractivity contribution in [2.24, 2.45) is 0 Å². The van der Waals surface area contributed by atoms with Crippen LogP contribution in [-0.4, -0.2) is 40.7 Å². The minimum Gasteiger partial charge on any atom is -0.348 e.